The summed E-state index contributed by atoms with van der Waals surface area (Å²) in [7, 11) is 0. The molecule has 0 aliphatic carbocycles. The molecule has 3 N–H and O–H groups in total. The summed E-state index contributed by atoms with van der Waals surface area (Å²) in [5, 5.41) is 29.8. The molecule has 6 nitrogen and oxygen atoms in total. The molecule has 3 aromatic rings. The van der Waals surface area contributed by atoms with Gasteiger partial charge in [-0.2, -0.15) is 0 Å². The molecule has 0 spiro atoms. The van der Waals surface area contributed by atoms with Crippen LogP contribution in [0.5, 0.6) is 17.2 Å². The van der Waals surface area contributed by atoms with E-state index in [4.69, 9.17) is 0 Å². The molecule has 2 amide bonds. The van der Waals surface area contributed by atoms with Crippen molar-refractivity contribution in [3.05, 3.63) is 71.8 Å². The Morgan fingerprint density at radius 3 is 2.12 bits per heavy atom. The maximum Gasteiger partial charge on any atom is 0.267 e. The number of hydrogen-bond acceptors (Lipinski definition) is 5. The molecule has 1 aliphatic rings. The molecular weight excluding hydrogens is 334 g/mol. The minimum absolute atomic E-state index is 0.0347. The van der Waals surface area contributed by atoms with Crippen molar-refractivity contribution in [2.24, 2.45) is 0 Å². The second kappa shape index (κ2) is 5.63. The Morgan fingerprint density at radius 1 is 0.692 bits per heavy atom. The summed E-state index contributed by atoms with van der Waals surface area (Å²) in [6, 6.07) is 15.1. The number of phenols is 3. The van der Waals surface area contributed by atoms with Gasteiger partial charge in [-0.05, 0) is 29.8 Å². The lowest BCUT2D eigenvalue weighted by Crippen LogP contribution is -2.29. The van der Waals surface area contributed by atoms with E-state index >= 15 is 0 Å². The lowest BCUT2D eigenvalue weighted by Gasteiger charge is -2.15. The van der Waals surface area contributed by atoms with Crippen molar-refractivity contribution in [2.75, 3.05) is 4.90 Å². The Bertz CT molecular complexity index is 1060. The van der Waals surface area contributed by atoms with E-state index in [9.17, 15) is 24.9 Å². The molecule has 0 saturated heterocycles. The molecule has 26 heavy (non-hydrogen) atoms. The molecule has 4 rings (SSSR count). The lowest BCUT2D eigenvalue weighted by atomic mass is 9.95. The van der Waals surface area contributed by atoms with Crippen molar-refractivity contribution in [1.29, 1.82) is 0 Å². The van der Waals surface area contributed by atoms with Crippen molar-refractivity contribution in [3.8, 4) is 28.4 Å². The highest BCUT2D eigenvalue weighted by Gasteiger charge is 2.40. The van der Waals surface area contributed by atoms with Crippen molar-refractivity contribution in [2.45, 2.75) is 0 Å². The first-order valence-electron chi connectivity index (χ1n) is 7.81. The number of benzene rings is 3. The van der Waals surface area contributed by atoms with Gasteiger partial charge in [0.2, 0.25) is 0 Å². The number of carbonyl (C=O) groups excluding carboxylic acids is 2. The van der Waals surface area contributed by atoms with E-state index in [0.29, 0.717) is 5.56 Å². The molecule has 0 radical (unpaired) electrons. The van der Waals surface area contributed by atoms with Crippen LogP contribution in [0.3, 0.4) is 0 Å². The Morgan fingerprint density at radius 2 is 1.42 bits per heavy atom. The minimum atomic E-state index is -0.652. The van der Waals surface area contributed by atoms with Crippen LogP contribution in [0.4, 0.5) is 5.69 Å². The average molecular weight is 347 g/mol. The molecule has 0 unspecified atom stereocenters. The predicted octanol–water partition coefficient (Wildman–Crippen LogP) is 3.27. The summed E-state index contributed by atoms with van der Waals surface area (Å²) < 4.78 is 0. The van der Waals surface area contributed by atoms with Crippen LogP contribution < -0.4 is 4.90 Å². The normalized spacial score (nSPS) is 13.2. The van der Waals surface area contributed by atoms with Gasteiger partial charge in [-0.3, -0.25) is 9.59 Å². The van der Waals surface area contributed by atoms with Crippen LogP contribution in [-0.2, 0) is 0 Å². The smallest absolute Gasteiger partial charge is 0.267 e. The maximum atomic E-state index is 13.0. The van der Waals surface area contributed by atoms with Gasteiger partial charge >= 0.3 is 0 Å². The first-order chi connectivity index (χ1) is 12.5. The van der Waals surface area contributed by atoms with Crippen LogP contribution >= 0.6 is 0 Å². The van der Waals surface area contributed by atoms with E-state index in [1.54, 1.807) is 30.3 Å². The Hall–Kier alpha value is -3.80. The molecule has 0 atom stereocenters. The monoisotopic (exact) mass is 347 g/mol. The van der Waals surface area contributed by atoms with Crippen molar-refractivity contribution < 1.29 is 24.9 Å². The van der Waals surface area contributed by atoms with Gasteiger partial charge in [-0.15, -0.1) is 0 Å². The summed E-state index contributed by atoms with van der Waals surface area (Å²) in [6.07, 6.45) is 0. The van der Waals surface area contributed by atoms with E-state index in [-0.39, 0.29) is 33.9 Å². The zero-order valence-electron chi connectivity index (χ0n) is 13.4. The Kier molecular flexibility index (Phi) is 3.40. The quantitative estimate of drug-likeness (QED) is 0.618. The van der Waals surface area contributed by atoms with Crippen molar-refractivity contribution in [3.63, 3.8) is 0 Å². The van der Waals surface area contributed by atoms with Crippen molar-refractivity contribution >= 4 is 17.5 Å². The molecule has 128 valence electrons. The summed E-state index contributed by atoms with van der Waals surface area (Å²) in [5.41, 5.74) is 1.04. The highest BCUT2D eigenvalue weighted by atomic mass is 16.3. The summed E-state index contributed by atoms with van der Waals surface area (Å²) >= 11 is 0. The molecule has 1 aliphatic heterocycles. The number of aromatic hydroxyl groups is 3. The van der Waals surface area contributed by atoms with Gasteiger partial charge < -0.3 is 15.3 Å². The van der Waals surface area contributed by atoms with Crippen LogP contribution in [0.1, 0.15) is 20.7 Å². The van der Waals surface area contributed by atoms with Gasteiger partial charge in [0.05, 0.1) is 16.8 Å². The predicted molar refractivity (Wildman–Crippen MR) is 94.5 cm³/mol. The van der Waals surface area contributed by atoms with Crippen LogP contribution in [-0.4, -0.2) is 27.1 Å². The van der Waals surface area contributed by atoms with Crippen molar-refractivity contribution in [1.82, 2.24) is 0 Å². The third kappa shape index (κ3) is 2.20. The fraction of sp³-hybridized carbons (Fsp3) is 0. The molecule has 0 fully saturated rings. The molecule has 6 heteroatoms. The zero-order chi connectivity index (χ0) is 18.4. The van der Waals surface area contributed by atoms with Crippen LogP contribution in [0.25, 0.3) is 11.1 Å². The van der Waals surface area contributed by atoms with Crippen LogP contribution in [0, 0.1) is 0 Å². The SMILES string of the molecule is O=C1c2ccc(O)c(-c3ccccc3)c2C(=O)N1c1ccc(O)cc1O. The number of fused-ring (bicyclic) bond motifs is 1. The molecule has 1 heterocycles. The summed E-state index contributed by atoms with van der Waals surface area (Å²) in [6.45, 7) is 0. The maximum absolute atomic E-state index is 13.0. The van der Waals surface area contributed by atoms with Crippen LogP contribution in [0.15, 0.2) is 60.7 Å². The third-order valence-corrected chi connectivity index (χ3v) is 4.30. The fourth-order valence-electron chi connectivity index (χ4n) is 3.13. The fourth-order valence-corrected chi connectivity index (χ4v) is 3.13. The summed E-state index contributed by atoms with van der Waals surface area (Å²) in [5.74, 6) is -1.97. The van der Waals surface area contributed by atoms with E-state index in [0.717, 1.165) is 11.0 Å². The molecule has 0 bridgehead atoms. The number of phenolic OH excluding ortho intramolecular Hbond substituents is 3. The first-order valence-corrected chi connectivity index (χ1v) is 7.81. The highest BCUT2D eigenvalue weighted by Crippen LogP contribution is 2.42. The van der Waals surface area contributed by atoms with Gasteiger partial charge in [0, 0.05) is 11.6 Å². The third-order valence-electron chi connectivity index (χ3n) is 4.30. The van der Waals surface area contributed by atoms with E-state index in [2.05, 4.69) is 0 Å². The Balaban J connectivity index is 1.93. The molecule has 0 saturated carbocycles. The first kappa shape index (κ1) is 15.7. The largest absolute Gasteiger partial charge is 0.508 e. The van der Waals surface area contributed by atoms with Gasteiger partial charge in [-0.1, -0.05) is 30.3 Å². The van der Waals surface area contributed by atoms with Gasteiger partial charge in [0.25, 0.3) is 11.8 Å². The molecule has 0 aromatic heterocycles. The second-order valence-corrected chi connectivity index (χ2v) is 5.87. The average Bonchev–Trinajstić information content (AvgIpc) is 2.87. The Labute approximate surface area is 148 Å². The zero-order valence-corrected chi connectivity index (χ0v) is 13.4. The van der Waals surface area contributed by atoms with Crippen LogP contribution in [0.2, 0.25) is 0 Å². The summed E-state index contributed by atoms with van der Waals surface area (Å²) in [4.78, 5) is 26.6. The second-order valence-electron chi connectivity index (χ2n) is 5.87. The molecular formula is C20H13NO5. The highest BCUT2D eigenvalue weighted by molar-refractivity contribution is 6.36. The minimum Gasteiger partial charge on any atom is -0.508 e. The lowest BCUT2D eigenvalue weighted by molar-refractivity contribution is 0.0925. The number of rotatable bonds is 2. The van der Waals surface area contributed by atoms with E-state index < -0.39 is 17.6 Å². The topological polar surface area (TPSA) is 98.1 Å². The van der Waals surface area contributed by atoms with Gasteiger partial charge in [0.1, 0.15) is 17.2 Å². The number of nitrogens with zero attached hydrogens (tertiary/aromatic N) is 1. The van der Waals surface area contributed by atoms with Gasteiger partial charge in [-0.25, -0.2) is 4.90 Å². The standard InChI is InChI=1S/C20H13NO5/c22-12-6-8-14(16(24)10-12)21-19(25)13-7-9-15(23)17(18(13)20(21)26)11-4-2-1-3-5-11/h1-10,22-24H. The number of imide groups is 1. The number of hydrogen-bond donors (Lipinski definition) is 3. The molecule has 3 aromatic carbocycles. The number of amides is 2. The number of carbonyl (C=O) groups is 2. The van der Waals surface area contributed by atoms with E-state index in [1.165, 1.54) is 24.3 Å². The van der Waals surface area contributed by atoms with Gasteiger partial charge in [0.15, 0.2) is 0 Å². The van der Waals surface area contributed by atoms with E-state index in [1.807, 2.05) is 0 Å². The number of anilines is 1.